The fourth-order valence-electron chi connectivity index (χ4n) is 1.54. The zero-order chi connectivity index (χ0) is 11.6. The van der Waals surface area contributed by atoms with Gasteiger partial charge in [0.2, 0.25) is 0 Å². The molecule has 16 heavy (non-hydrogen) atoms. The predicted octanol–water partition coefficient (Wildman–Crippen LogP) is 1.13. The van der Waals surface area contributed by atoms with Crippen LogP contribution in [-0.2, 0) is 10.3 Å². The minimum absolute atomic E-state index is 0.589. The summed E-state index contributed by atoms with van der Waals surface area (Å²) in [6, 6.07) is 5.13. The van der Waals surface area contributed by atoms with Crippen molar-refractivity contribution in [2.45, 2.75) is 12.5 Å². The van der Waals surface area contributed by atoms with E-state index in [0.717, 1.165) is 0 Å². The van der Waals surface area contributed by atoms with Gasteiger partial charge in [-0.1, -0.05) is 6.07 Å². The van der Waals surface area contributed by atoms with E-state index in [0.29, 0.717) is 5.56 Å². The lowest BCUT2D eigenvalue weighted by Gasteiger charge is -2.25. The summed E-state index contributed by atoms with van der Waals surface area (Å²) in [6.45, 7) is 1.60. The number of pyridine rings is 1. The third kappa shape index (κ3) is 1.46. The monoisotopic (exact) mass is 217 g/mol. The number of rotatable bonds is 3. The van der Waals surface area contributed by atoms with E-state index in [1.54, 1.807) is 43.7 Å². The summed E-state index contributed by atoms with van der Waals surface area (Å²) in [6.07, 6.45) is 6.32. The summed E-state index contributed by atoms with van der Waals surface area (Å²) in [5, 5.41) is 13.4. The number of carboxylic acids is 1. The van der Waals surface area contributed by atoms with Gasteiger partial charge in [-0.15, -0.1) is 0 Å². The Morgan fingerprint density at radius 2 is 2.25 bits per heavy atom. The summed E-state index contributed by atoms with van der Waals surface area (Å²) >= 11 is 0. The van der Waals surface area contributed by atoms with Crippen LogP contribution in [0.25, 0.3) is 0 Å². The topological polar surface area (TPSA) is 68.0 Å². The smallest absolute Gasteiger partial charge is 0.336 e. The molecule has 0 bridgehead atoms. The van der Waals surface area contributed by atoms with Crippen LogP contribution in [0.1, 0.15) is 12.5 Å². The van der Waals surface area contributed by atoms with Gasteiger partial charge < -0.3 is 5.11 Å². The van der Waals surface area contributed by atoms with Gasteiger partial charge in [-0.05, 0) is 19.1 Å². The third-order valence-corrected chi connectivity index (χ3v) is 2.60. The maximum Gasteiger partial charge on any atom is 0.336 e. The summed E-state index contributed by atoms with van der Waals surface area (Å²) in [4.78, 5) is 15.4. The highest BCUT2D eigenvalue weighted by atomic mass is 16.4. The van der Waals surface area contributed by atoms with Crippen molar-refractivity contribution in [2.75, 3.05) is 0 Å². The van der Waals surface area contributed by atoms with Gasteiger partial charge in [0.25, 0.3) is 0 Å². The van der Waals surface area contributed by atoms with Crippen molar-refractivity contribution in [1.82, 2.24) is 14.8 Å². The Kier molecular flexibility index (Phi) is 2.44. The fourth-order valence-corrected chi connectivity index (χ4v) is 1.54. The van der Waals surface area contributed by atoms with Gasteiger partial charge in [0, 0.05) is 30.4 Å². The van der Waals surface area contributed by atoms with Gasteiger partial charge in [0.1, 0.15) is 0 Å². The van der Waals surface area contributed by atoms with Gasteiger partial charge in [-0.3, -0.25) is 9.67 Å². The average Bonchev–Trinajstić information content (AvgIpc) is 2.82. The Morgan fingerprint density at radius 3 is 2.75 bits per heavy atom. The van der Waals surface area contributed by atoms with E-state index in [-0.39, 0.29) is 0 Å². The van der Waals surface area contributed by atoms with Gasteiger partial charge in [0.05, 0.1) is 0 Å². The molecule has 2 aromatic rings. The van der Waals surface area contributed by atoms with E-state index in [1.165, 1.54) is 10.9 Å². The Hall–Kier alpha value is -2.17. The van der Waals surface area contributed by atoms with Crippen molar-refractivity contribution in [1.29, 1.82) is 0 Å². The van der Waals surface area contributed by atoms with Crippen LogP contribution in [0, 0.1) is 0 Å². The number of aliphatic carboxylic acids is 1. The van der Waals surface area contributed by atoms with Crippen molar-refractivity contribution in [3.8, 4) is 0 Å². The van der Waals surface area contributed by atoms with Gasteiger partial charge in [-0.25, -0.2) is 4.79 Å². The molecule has 0 aromatic carbocycles. The second-order valence-electron chi connectivity index (χ2n) is 3.57. The summed E-state index contributed by atoms with van der Waals surface area (Å²) < 4.78 is 1.41. The van der Waals surface area contributed by atoms with E-state index in [9.17, 15) is 9.90 Å². The maximum atomic E-state index is 11.4. The molecule has 0 saturated heterocycles. The van der Waals surface area contributed by atoms with Crippen molar-refractivity contribution in [3.63, 3.8) is 0 Å². The molecule has 0 amide bonds. The first kappa shape index (κ1) is 10.4. The molecule has 0 radical (unpaired) electrons. The Morgan fingerprint density at radius 1 is 1.44 bits per heavy atom. The van der Waals surface area contributed by atoms with Crippen LogP contribution in [0.4, 0.5) is 0 Å². The zero-order valence-corrected chi connectivity index (χ0v) is 8.74. The summed E-state index contributed by atoms with van der Waals surface area (Å²) in [7, 11) is 0. The first-order chi connectivity index (χ1) is 7.65. The SMILES string of the molecule is CC(C(=O)O)(c1cccnc1)n1cccn1. The number of carbonyl (C=O) groups is 1. The second-order valence-corrected chi connectivity index (χ2v) is 3.57. The molecule has 0 aliphatic carbocycles. The van der Waals surface area contributed by atoms with Crippen LogP contribution in [0.2, 0.25) is 0 Å². The van der Waals surface area contributed by atoms with E-state index in [4.69, 9.17) is 0 Å². The minimum atomic E-state index is -1.22. The molecule has 0 saturated carbocycles. The molecule has 2 rings (SSSR count). The molecule has 0 aliphatic rings. The standard InChI is InChI=1S/C11H11N3O2/c1-11(10(15)16,14-7-3-6-13-14)9-4-2-5-12-8-9/h2-8H,1H3,(H,15,16). The molecule has 0 fully saturated rings. The van der Waals surface area contributed by atoms with Gasteiger partial charge in [-0.2, -0.15) is 5.10 Å². The van der Waals surface area contributed by atoms with Gasteiger partial charge >= 0.3 is 5.97 Å². The Bertz CT molecular complexity index is 481. The van der Waals surface area contributed by atoms with E-state index in [2.05, 4.69) is 10.1 Å². The highest BCUT2D eigenvalue weighted by Crippen LogP contribution is 2.24. The minimum Gasteiger partial charge on any atom is -0.479 e. The molecule has 1 unspecified atom stereocenters. The third-order valence-electron chi connectivity index (χ3n) is 2.60. The van der Waals surface area contributed by atoms with Crippen LogP contribution in [0.3, 0.4) is 0 Å². The summed E-state index contributed by atoms with van der Waals surface area (Å²) in [5.41, 5.74) is -0.635. The molecule has 5 heteroatoms. The number of hydrogen-bond acceptors (Lipinski definition) is 3. The normalized spacial score (nSPS) is 14.3. The van der Waals surface area contributed by atoms with Crippen molar-refractivity contribution in [3.05, 3.63) is 48.5 Å². The number of hydrogen-bond donors (Lipinski definition) is 1. The summed E-state index contributed by atoms with van der Waals surface area (Å²) in [5.74, 6) is -0.968. The van der Waals surface area contributed by atoms with Crippen LogP contribution >= 0.6 is 0 Å². The number of carboxylic acid groups (broad SMARTS) is 1. The highest BCUT2D eigenvalue weighted by Gasteiger charge is 2.38. The van der Waals surface area contributed by atoms with Crippen molar-refractivity contribution >= 4 is 5.97 Å². The molecule has 1 atom stereocenters. The van der Waals surface area contributed by atoms with E-state index >= 15 is 0 Å². The van der Waals surface area contributed by atoms with Crippen LogP contribution in [-0.4, -0.2) is 25.8 Å². The number of nitrogens with zero attached hydrogens (tertiary/aromatic N) is 3. The highest BCUT2D eigenvalue weighted by molar-refractivity contribution is 5.80. The van der Waals surface area contributed by atoms with Crippen molar-refractivity contribution < 1.29 is 9.90 Å². The van der Waals surface area contributed by atoms with Crippen molar-refractivity contribution in [2.24, 2.45) is 0 Å². The molecule has 2 aromatic heterocycles. The Labute approximate surface area is 92.4 Å². The van der Waals surface area contributed by atoms with Crippen LogP contribution in [0.5, 0.6) is 0 Å². The first-order valence-corrected chi connectivity index (χ1v) is 4.79. The zero-order valence-electron chi connectivity index (χ0n) is 8.74. The molecule has 1 N–H and O–H groups in total. The fraction of sp³-hybridized carbons (Fsp3) is 0.182. The predicted molar refractivity (Wildman–Crippen MR) is 56.8 cm³/mol. The molecule has 2 heterocycles. The molecule has 82 valence electrons. The molecular weight excluding hydrogens is 206 g/mol. The lowest BCUT2D eigenvalue weighted by atomic mass is 9.94. The molecular formula is C11H11N3O2. The van der Waals surface area contributed by atoms with Gasteiger partial charge in [0.15, 0.2) is 5.54 Å². The van der Waals surface area contributed by atoms with Crippen LogP contribution in [0.15, 0.2) is 43.0 Å². The maximum absolute atomic E-state index is 11.4. The second kappa shape index (κ2) is 3.77. The Balaban J connectivity index is 2.58. The largest absolute Gasteiger partial charge is 0.479 e. The van der Waals surface area contributed by atoms with Crippen LogP contribution < -0.4 is 0 Å². The first-order valence-electron chi connectivity index (χ1n) is 4.79. The number of aromatic nitrogens is 3. The quantitative estimate of drug-likeness (QED) is 0.836. The molecule has 0 spiro atoms. The molecule has 0 aliphatic heterocycles. The lowest BCUT2D eigenvalue weighted by Crippen LogP contribution is -2.40. The average molecular weight is 217 g/mol. The lowest BCUT2D eigenvalue weighted by molar-refractivity contribution is -0.144. The van der Waals surface area contributed by atoms with E-state index in [1.807, 2.05) is 0 Å². The molecule has 5 nitrogen and oxygen atoms in total. The van der Waals surface area contributed by atoms with E-state index < -0.39 is 11.5 Å².